The number of carbonyl (C=O) groups excluding carboxylic acids is 1. The maximum absolute atomic E-state index is 12.1. The summed E-state index contributed by atoms with van der Waals surface area (Å²) in [6.07, 6.45) is 3.36. The first kappa shape index (κ1) is 19.2. The van der Waals surface area contributed by atoms with Gasteiger partial charge in [-0.3, -0.25) is 4.68 Å². The van der Waals surface area contributed by atoms with Crippen molar-refractivity contribution in [2.24, 2.45) is 7.05 Å². The minimum Gasteiger partial charge on any atom is -0.465 e. The first-order valence-corrected chi connectivity index (χ1v) is 9.08. The van der Waals surface area contributed by atoms with E-state index in [1.807, 2.05) is 69.6 Å². The number of carbonyl (C=O) groups is 1. The number of methoxy groups -OCH3 is 1. The normalized spacial score (nSPS) is 10.3. The molecule has 28 heavy (non-hydrogen) atoms. The van der Waals surface area contributed by atoms with Crippen molar-refractivity contribution in [3.05, 3.63) is 60.4 Å². The summed E-state index contributed by atoms with van der Waals surface area (Å²) in [6.45, 7) is 4.00. The lowest BCUT2D eigenvalue weighted by Gasteiger charge is -2.06. The lowest BCUT2D eigenvalue weighted by molar-refractivity contribution is 0.0602. The number of nitrogens with zero attached hydrogens (tertiary/aromatic N) is 3. The number of ether oxygens (including phenoxy) is 1. The lowest BCUT2D eigenvalue weighted by Crippen LogP contribution is -2.04. The van der Waals surface area contributed by atoms with E-state index >= 15 is 0 Å². The zero-order valence-electron chi connectivity index (χ0n) is 16.4. The van der Waals surface area contributed by atoms with Crippen LogP contribution < -0.4 is 5.32 Å². The highest BCUT2D eigenvalue weighted by Crippen LogP contribution is 2.31. The van der Waals surface area contributed by atoms with Crippen molar-refractivity contribution < 1.29 is 9.53 Å². The van der Waals surface area contributed by atoms with Crippen molar-refractivity contribution in [2.45, 2.75) is 13.8 Å². The maximum atomic E-state index is 12.1. The molecule has 4 rings (SSSR count). The Kier molecular flexibility index (Phi) is 5.74. The minimum atomic E-state index is -0.425. The molecule has 3 heterocycles. The monoisotopic (exact) mass is 377 g/mol. The number of benzene rings is 1. The number of hydrogen-bond donors (Lipinski definition) is 2. The molecule has 7 nitrogen and oxygen atoms in total. The smallest absolute Gasteiger partial charge is 0.340 e. The summed E-state index contributed by atoms with van der Waals surface area (Å²) in [7, 11) is 3.20. The summed E-state index contributed by atoms with van der Waals surface area (Å²) in [5.74, 6) is 0.835. The van der Waals surface area contributed by atoms with Gasteiger partial charge in [0.05, 0.1) is 18.2 Å². The fourth-order valence-corrected chi connectivity index (χ4v) is 2.86. The van der Waals surface area contributed by atoms with E-state index in [1.165, 1.54) is 13.3 Å². The molecule has 0 fully saturated rings. The average Bonchev–Trinajstić information content (AvgIpc) is 3.36. The minimum absolute atomic E-state index is 0.410. The fraction of sp³-hybridized carbons (Fsp3) is 0.190. The molecular formula is C21H23N5O2. The number of aromatic amines is 1. The number of nitrogens with one attached hydrogen (secondary N) is 2. The van der Waals surface area contributed by atoms with Crippen LogP contribution in [0, 0.1) is 0 Å². The molecule has 0 saturated carbocycles. The Balaban J connectivity index is 0.00000109. The Labute approximate surface area is 163 Å². The zero-order valence-corrected chi connectivity index (χ0v) is 16.4. The number of aryl methyl sites for hydroxylation is 1. The predicted octanol–water partition coefficient (Wildman–Crippen LogP) is 4.52. The van der Waals surface area contributed by atoms with Gasteiger partial charge in [0, 0.05) is 36.6 Å². The number of rotatable bonds is 4. The molecule has 4 aromatic rings. The summed E-state index contributed by atoms with van der Waals surface area (Å²) in [4.78, 5) is 19.9. The Morgan fingerprint density at radius 1 is 1.18 bits per heavy atom. The van der Waals surface area contributed by atoms with Crippen LogP contribution in [0.15, 0.2) is 54.9 Å². The van der Waals surface area contributed by atoms with Crippen LogP contribution >= 0.6 is 0 Å². The molecule has 1 aromatic carbocycles. The molecule has 0 amide bonds. The van der Waals surface area contributed by atoms with Crippen LogP contribution in [0.1, 0.15) is 24.2 Å². The number of hydrogen-bond acceptors (Lipinski definition) is 5. The van der Waals surface area contributed by atoms with E-state index in [-0.39, 0.29) is 0 Å². The summed E-state index contributed by atoms with van der Waals surface area (Å²) < 4.78 is 6.59. The van der Waals surface area contributed by atoms with Crippen molar-refractivity contribution in [1.29, 1.82) is 0 Å². The molecule has 0 aliphatic rings. The highest BCUT2D eigenvalue weighted by molar-refractivity contribution is 6.08. The van der Waals surface area contributed by atoms with Gasteiger partial charge in [0.1, 0.15) is 0 Å². The van der Waals surface area contributed by atoms with E-state index in [0.717, 1.165) is 22.2 Å². The molecule has 2 N–H and O–H groups in total. The van der Waals surface area contributed by atoms with Crippen molar-refractivity contribution in [1.82, 2.24) is 19.7 Å². The number of H-pyrrole nitrogens is 1. The van der Waals surface area contributed by atoms with Crippen molar-refractivity contribution in [2.75, 3.05) is 12.4 Å². The first-order valence-electron chi connectivity index (χ1n) is 9.08. The van der Waals surface area contributed by atoms with Crippen LogP contribution in [0.2, 0.25) is 0 Å². The molecule has 144 valence electrons. The Hall–Kier alpha value is -3.61. The highest BCUT2D eigenvalue weighted by Gasteiger charge is 2.18. The highest BCUT2D eigenvalue weighted by atomic mass is 16.5. The Bertz CT molecular complexity index is 1080. The zero-order chi connectivity index (χ0) is 20.1. The molecule has 0 atom stereocenters. The molecular weight excluding hydrogens is 354 g/mol. The topological polar surface area (TPSA) is 84.8 Å². The second kappa shape index (κ2) is 8.39. The Morgan fingerprint density at radius 3 is 2.57 bits per heavy atom. The summed E-state index contributed by atoms with van der Waals surface area (Å²) in [6, 6.07) is 13.7. The van der Waals surface area contributed by atoms with Gasteiger partial charge >= 0.3 is 5.97 Å². The largest absolute Gasteiger partial charge is 0.465 e. The van der Waals surface area contributed by atoms with Gasteiger partial charge in [0.25, 0.3) is 0 Å². The molecule has 0 bridgehead atoms. The van der Waals surface area contributed by atoms with E-state index in [1.54, 1.807) is 4.68 Å². The van der Waals surface area contributed by atoms with Gasteiger partial charge in [-0.2, -0.15) is 5.10 Å². The average molecular weight is 377 g/mol. The second-order valence-corrected chi connectivity index (χ2v) is 5.85. The van der Waals surface area contributed by atoms with Gasteiger partial charge in [-0.25, -0.2) is 9.78 Å². The van der Waals surface area contributed by atoms with Gasteiger partial charge in [-0.15, -0.1) is 0 Å². The summed E-state index contributed by atoms with van der Waals surface area (Å²) in [5.41, 5.74) is 3.04. The van der Waals surface area contributed by atoms with Crippen LogP contribution in [-0.4, -0.2) is 32.8 Å². The van der Waals surface area contributed by atoms with E-state index < -0.39 is 5.97 Å². The predicted molar refractivity (Wildman–Crippen MR) is 111 cm³/mol. The van der Waals surface area contributed by atoms with Crippen LogP contribution in [0.4, 0.5) is 11.6 Å². The van der Waals surface area contributed by atoms with E-state index in [0.29, 0.717) is 17.2 Å². The van der Waals surface area contributed by atoms with Gasteiger partial charge in [-0.05, 0) is 11.6 Å². The van der Waals surface area contributed by atoms with Gasteiger partial charge < -0.3 is 15.0 Å². The number of fused-ring (bicyclic) bond motifs is 1. The standard InChI is InChI=1S/C19H17N5O2.C2H6/c1-24-9-8-16(23-24)22-18-17-13(14(11-20-18)19(25)26-2)10-15(21-17)12-6-4-3-5-7-12;1-2/h3-11,21H,1-2H3,(H,20,22,23);1-2H3. The van der Waals surface area contributed by atoms with Crippen molar-refractivity contribution >= 4 is 28.5 Å². The van der Waals surface area contributed by atoms with Crippen molar-refractivity contribution in [3.63, 3.8) is 0 Å². The Morgan fingerprint density at radius 2 is 1.93 bits per heavy atom. The van der Waals surface area contributed by atoms with E-state index in [2.05, 4.69) is 20.4 Å². The number of esters is 1. The maximum Gasteiger partial charge on any atom is 0.340 e. The number of aromatic nitrogens is 4. The van der Waals surface area contributed by atoms with Crippen LogP contribution in [0.25, 0.3) is 22.2 Å². The third kappa shape index (κ3) is 3.73. The van der Waals surface area contributed by atoms with Crippen LogP contribution in [-0.2, 0) is 11.8 Å². The fourth-order valence-electron chi connectivity index (χ4n) is 2.86. The van der Waals surface area contributed by atoms with Gasteiger partial charge in [0.2, 0.25) is 0 Å². The molecule has 0 saturated heterocycles. The quantitative estimate of drug-likeness (QED) is 0.511. The summed E-state index contributed by atoms with van der Waals surface area (Å²) in [5, 5.41) is 8.24. The summed E-state index contributed by atoms with van der Waals surface area (Å²) >= 11 is 0. The molecule has 0 radical (unpaired) electrons. The molecule has 0 aliphatic carbocycles. The van der Waals surface area contributed by atoms with Crippen molar-refractivity contribution in [3.8, 4) is 11.3 Å². The molecule has 0 aliphatic heterocycles. The van der Waals surface area contributed by atoms with E-state index in [9.17, 15) is 4.79 Å². The number of anilines is 2. The van der Waals surface area contributed by atoms with Crippen LogP contribution in [0.3, 0.4) is 0 Å². The first-order chi connectivity index (χ1) is 13.7. The SMILES string of the molecule is CC.COC(=O)c1cnc(Nc2ccn(C)n2)c2[nH]c(-c3ccccc3)cc12. The molecule has 0 unspecified atom stereocenters. The van der Waals surface area contributed by atoms with Crippen LogP contribution in [0.5, 0.6) is 0 Å². The molecule has 3 aromatic heterocycles. The molecule has 0 spiro atoms. The van der Waals surface area contributed by atoms with E-state index in [4.69, 9.17) is 4.74 Å². The second-order valence-electron chi connectivity index (χ2n) is 5.85. The molecule has 7 heteroatoms. The lowest BCUT2D eigenvalue weighted by atomic mass is 10.1. The third-order valence-electron chi connectivity index (χ3n) is 4.12. The van der Waals surface area contributed by atoms with Gasteiger partial charge in [0.15, 0.2) is 11.6 Å². The number of pyridine rings is 1. The third-order valence-corrected chi connectivity index (χ3v) is 4.12. The van der Waals surface area contributed by atoms with Gasteiger partial charge in [-0.1, -0.05) is 44.2 Å².